The lowest BCUT2D eigenvalue weighted by Gasteiger charge is -2.32. The molecule has 2 heterocycles. The predicted molar refractivity (Wildman–Crippen MR) is 245 cm³/mol. The van der Waals surface area contributed by atoms with Crippen LogP contribution in [0.5, 0.6) is 0 Å². The van der Waals surface area contributed by atoms with Crippen LogP contribution in [0.2, 0.25) is 0 Å². The van der Waals surface area contributed by atoms with Gasteiger partial charge >= 0.3 is 0 Å². The molecule has 0 saturated heterocycles. The monoisotopic (exact) mass is 748 g/mol. The molecule has 0 aliphatic carbocycles. The average molecular weight is 749 g/mol. The summed E-state index contributed by atoms with van der Waals surface area (Å²) in [4.78, 5) is 5.02. The first kappa shape index (κ1) is 31.6. The van der Waals surface area contributed by atoms with Crippen molar-refractivity contribution in [1.29, 1.82) is 0 Å². The number of benzene rings is 10. The third-order valence-corrected chi connectivity index (χ3v) is 13.8. The fraction of sp³-hybridized carbons (Fsp3) is 0. The summed E-state index contributed by atoms with van der Waals surface area (Å²) in [5, 5.41) is 12.7. The Morgan fingerprint density at radius 2 is 0.714 bits per heavy atom. The number of hydrogen-bond donors (Lipinski definition) is 0. The van der Waals surface area contributed by atoms with E-state index in [2.05, 4.69) is 204 Å². The van der Waals surface area contributed by atoms with Crippen LogP contribution in [0.15, 0.2) is 194 Å². The molecule has 0 saturated carbocycles. The largest absolute Gasteiger partial charge is 0.308 e. The molecule has 0 amide bonds. The fourth-order valence-electron chi connectivity index (χ4n) is 8.95. The third kappa shape index (κ3) is 4.67. The molecule has 0 atom stereocenters. The third-order valence-electron chi connectivity index (χ3n) is 11.4. The van der Waals surface area contributed by atoms with Crippen molar-refractivity contribution in [3.05, 3.63) is 194 Å². The second-order valence-corrected chi connectivity index (χ2v) is 16.5. The van der Waals surface area contributed by atoms with Crippen LogP contribution in [-0.2, 0) is 0 Å². The molecule has 0 fully saturated rings. The van der Waals surface area contributed by atoms with E-state index in [1.165, 1.54) is 84.0 Å². The smallest absolute Gasteiger partial charge is 0.0640 e. The molecule has 0 spiro atoms. The summed E-state index contributed by atoms with van der Waals surface area (Å²) in [6, 6.07) is 71.5. The molecule has 0 aliphatic heterocycles. The second-order valence-electron chi connectivity index (χ2n) is 14.4. The Kier molecular flexibility index (Phi) is 7.00. The van der Waals surface area contributed by atoms with E-state index in [1.807, 2.05) is 22.7 Å². The van der Waals surface area contributed by atoms with Gasteiger partial charge in [-0.3, -0.25) is 0 Å². The first-order chi connectivity index (χ1) is 27.8. The highest BCUT2D eigenvalue weighted by atomic mass is 32.1. The Morgan fingerprint density at radius 1 is 0.286 bits per heavy atom. The zero-order chi connectivity index (χ0) is 36.7. The van der Waals surface area contributed by atoms with Gasteiger partial charge in [0, 0.05) is 58.5 Å². The molecule has 2 nitrogen and oxygen atoms in total. The van der Waals surface area contributed by atoms with Crippen molar-refractivity contribution in [3.63, 3.8) is 0 Å². The standard InChI is InChI=1S/C52H32N2S2/c1-3-16-35(17-4-1)53(43-24-12-22-39-37-20-7-9-26-47(37)55-51(39)43)45-32-46(42-31-29-34-15-11-14-33-28-30-41(45)50(42)49(33)34)54(36-18-5-2-6-19-36)44-25-13-23-40-38-21-8-10-27-48(38)56-52(40)44/h1-32H. The first-order valence-corrected chi connectivity index (χ1v) is 20.6. The van der Waals surface area contributed by atoms with Crippen molar-refractivity contribution in [2.75, 3.05) is 9.80 Å². The van der Waals surface area contributed by atoms with E-state index in [4.69, 9.17) is 0 Å². The number of rotatable bonds is 6. The van der Waals surface area contributed by atoms with Crippen molar-refractivity contribution in [2.45, 2.75) is 0 Å². The van der Waals surface area contributed by atoms with Crippen molar-refractivity contribution in [3.8, 4) is 0 Å². The molecule has 0 bridgehead atoms. The molecule has 0 unspecified atom stereocenters. The van der Waals surface area contributed by atoms with Gasteiger partial charge in [-0.25, -0.2) is 0 Å². The molecule has 4 heteroatoms. The Morgan fingerprint density at radius 3 is 1.21 bits per heavy atom. The zero-order valence-electron chi connectivity index (χ0n) is 30.2. The lowest BCUT2D eigenvalue weighted by atomic mass is 9.91. The van der Waals surface area contributed by atoms with Crippen molar-refractivity contribution >= 4 is 129 Å². The van der Waals surface area contributed by atoms with Gasteiger partial charge in [-0.1, -0.05) is 140 Å². The van der Waals surface area contributed by atoms with Crippen LogP contribution in [-0.4, -0.2) is 0 Å². The molecule has 2 aromatic heterocycles. The van der Waals surface area contributed by atoms with Gasteiger partial charge in [-0.2, -0.15) is 0 Å². The van der Waals surface area contributed by atoms with E-state index in [0.717, 1.165) is 22.7 Å². The number of para-hydroxylation sites is 2. The van der Waals surface area contributed by atoms with Crippen molar-refractivity contribution in [1.82, 2.24) is 0 Å². The van der Waals surface area contributed by atoms with Gasteiger partial charge in [-0.15, -0.1) is 22.7 Å². The van der Waals surface area contributed by atoms with E-state index in [0.29, 0.717) is 0 Å². The molecule has 56 heavy (non-hydrogen) atoms. The summed E-state index contributed by atoms with van der Waals surface area (Å²) in [5.74, 6) is 0. The Hall–Kier alpha value is -6.72. The molecule has 262 valence electrons. The highest BCUT2D eigenvalue weighted by molar-refractivity contribution is 7.26. The van der Waals surface area contributed by atoms with E-state index < -0.39 is 0 Å². The molecular formula is C52H32N2S2. The maximum Gasteiger partial charge on any atom is 0.0640 e. The molecule has 12 aromatic rings. The van der Waals surface area contributed by atoms with E-state index in [1.54, 1.807) is 0 Å². The van der Waals surface area contributed by atoms with E-state index in [-0.39, 0.29) is 0 Å². The van der Waals surface area contributed by atoms with Gasteiger partial charge in [0.15, 0.2) is 0 Å². The van der Waals surface area contributed by atoms with Crippen LogP contribution in [0.1, 0.15) is 0 Å². The second kappa shape index (κ2) is 12.4. The van der Waals surface area contributed by atoms with E-state index >= 15 is 0 Å². The molecule has 10 aromatic carbocycles. The van der Waals surface area contributed by atoms with Gasteiger partial charge in [0.25, 0.3) is 0 Å². The highest BCUT2D eigenvalue weighted by Gasteiger charge is 2.27. The molecule has 12 rings (SSSR count). The van der Waals surface area contributed by atoms with Gasteiger partial charge in [0.1, 0.15) is 0 Å². The normalized spacial score (nSPS) is 11.9. The molecule has 0 N–H and O–H groups in total. The zero-order valence-corrected chi connectivity index (χ0v) is 31.8. The lowest BCUT2D eigenvalue weighted by Crippen LogP contribution is -2.14. The average Bonchev–Trinajstić information content (AvgIpc) is 3.84. The van der Waals surface area contributed by atoms with Crippen LogP contribution in [0.25, 0.3) is 72.7 Å². The Labute approximate surface area is 331 Å². The SMILES string of the molecule is c1ccc(N(c2cc(N(c3ccccc3)c3cccc4c3sc3ccccc34)c3ccc4cccc5ccc2c3c54)c2cccc3c2sc2ccccc23)cc1. The maximum absolute atomic E-state index is 2.51. The quantitative estimate of drug-likeness (QED) is 0.156. The fourth-order valence-corrected chi connectivity index (χ4v) is 11.4. The Balaban J connectivity index is 1.24. The maximum atomic E-state index is 2.51. The van der Waals surface area contributed by atoms with Crippen LogP contribution in [0.4, 0.5) is 34.1 Å². The molecular weight excluding hydrogens is 717 g/mol. The number of fused-ring (bicyclic) bond motifs is 6. The topological polar surface area (TPSA) is 6.48 Å². The Bertz CT molecular complexity index is 3210. The molecule has 0 radical (unpaired) electrons. The number of anilines is 6. The van der Waals surface area contributed by atoms with Gasteiger partial charge < -0.3 is 9.80 Å². The van der Waals surface area contributed by atoms with Crippen molar-refractivity contribution in [2.24, 2.45) is 0 Å². The lowest BCUT2D eigenvalue weighted by molar-refractivity contribution is 1.29. The summed E-state index contributed by atoms with van der Waals surface area (Å²) >= 11 is 3.75. The van der Waals surface area contributed by atoms with Crippen molar-refractivity contribution < 1.29 is 0 Å². The minimum absolute atomic E-state index is 1.12. The number of thiophene rings is 2. The summed E-state index contributed by atoms with van der Waals surface area (Å²) < 4.78 is 5.15. The van der Waals surface area contributed by atoms with Gasteiger partial charge in [0.2, 0.25) is 0 Å². The van der Waals surface area contributed by atoms with Crippen LogP contribution < -0.4 is 9.80 Å². The van der Waals surface area contributed by atoms with Crippen LogP contribution >= 0.6 is 22.7 Å². The van der Waals surface area contributed by atoms with Crippen LogP contribution in [0, 0.1) is 0 Å². The van der Waals surface area contributed by atoms with Gasteiger partial charge in [0.05, 0.1) is 32.1 Å². The van der Waals surface area contributed by atoms with Gasteiger partial charge in [-0.05, 0) is 70.8 Å². The predicted octanol–water partition coefficient (Wildman–Crippen LogP) is 16.3. The highest BCUT2D eigenvalue weighted by Crippen LogP contribution is 2.53. The summed E-state index contributed by atoms with van der Waals surface area (Å²) in [6.07, 6.45) is 0. The summed E-state index contributed by atoms with van der Waals surface area (Å²) in [7, 11) is 0. The van der Waals surface area contributed by atoms with E-state index in [9.17, 15) is 0 Å². The minimum atomic E-state index is 1.12. The van der Waals surface area contributed by atoms with Crippen LogP contribution in [0.3, 0.4) is 0 Å². The summed E-state index contributed by atoms with van der Waals surface area (Å²) in [6.45, 7) is 0. The first-order valence-electron chi connectivity index (χ1n) is 19.0. The minimum Gasteiger partial charge on any atom is -0.308 e. The number of nitrogens with zero attached hydrogens (tertiary/aromatic N) is 2. The molecule has 0 aliphatic rings. The number of hydrogen-bond acceptors (Lipinski definition) is 4. The summed E-state index contributed by atoms with van der Waals surface area (Å²) in [5.41, 5.74) is 6.88.